The van der Waals surface area contributed by atoms with Gasteiger partial charge in [0.1, 0.15) is 24.1 Å². The topological polar surface area (TPSA) is 77.1 Å². The number of nitrogens with zero attached hydrogens (tertiary/aromatic N) is 1. The lowest BCUT2D eigenvalue weighted by Crippen LogP contribution is -2.55. The molecule has 0 bridgehead atoms. The van der Waals surface area contributed by atoms with Crippen molar-refractivity contribution in [2.24, 2.45) is 0 Å². The third-order valence-electron chi connectivity index (χ3n) is 4.85. The maximum absolute atomic E-state index is 12.8. The van der Waals surface area contributed by atoms with Gasteiger partial charge in [-0.3, -0.25) is 9.59 Å². The van der Waals surface area contributed by atoms with Crippen LogP contribution in [0.1, 0.15) is 16.7 Å². The highest BCUT2D eigenvalue weighted by Crippen LogP contribution is 2.22. The number of morpholine rings is 1. The van der Waals surface area contributed by atoms with Crippen LogP contribution in [0.2, 0.25) is 0 Å². The summed E-state index contributed by atoms with van der Waals surface area (Å²) in [7, 11) is 3.15. The lowest BCUT2D eigenvalue weighted by atomic mass is 10.1. The predicted octanol–water partition coefficient (Wildman–Crippen LogP) is 2.06. The van der Waals surface area contributed by atoms with E-state index in [1.165, 1.54) is 0 Å². The average Bonchev–Trinajstić information content (AvgIpc) is 2.74. The molecule has 154 valence electrons. The van der Waals surface area contributed by atoms with Crippen molar-refractivity contribution in [1.29, 1.82) is 0 Å². The molecule has 1 aliphatic rings. The van der Waals surface area contributed by atoms with Gasteiger partial charge in [-0.15, -0.1) is 0 Å². The number of nitrogens with one attached hydrogen (secondary N) is 1. The number of aryl methyl sites for hydroxylation is 1. The number of carbonyl (C=O) groups excluding carboxylic acids is 2. The van der Waals surface area contributed by atoms with E-state index in [-0.39, 0.29) is 31.6 Å². The molecular formula is C22H26N2O5. The molecule has 1 N–H and O–H groups in total. The fraction of sp³-hybridized carbons (Fsp3) is 0.364. The van der Waals surface area contributed by atoms with Crippen LogP contribution >= 0.6 is 0 Å². The molecule has 29 heavy (non-hydrogen) atoms. The zero-order chi connectivity index (χ0) is 20.8. The van der Waals surface area contributed by atoms with E-state index in [0.29, 0.717) is 18.0 Å². The van der Waals surface area contributed by atoms with Gasteiger partial charge in [-0.1, -0.05) is 29.8 Å². The first-order valence-electron chi connectivity index (χ1n) is 9.42. The van der Waals surface area contributed by atoms with Crippen LogP contribution in [0.15, 0.2) is 42.5 Å². The van der Waals surface area contributed by atoms with Gasteiger partial charge >= 0.3 is 0 Å². The molecule has 3 rings (SSSR count). The summed E-state index contributed by atoms with van der Waals surface area (Å²) in [6.45, 7) is 2.82. The van der Waals surface area contributed by atoms with E-state index < -0.39 is 6.04 Å². The summed E-state index contributed by atoms with van der Waals surface area (Å²) in [4.78, 5) is 26.8. The van der Waals surface area contributed by atoms with Gasteiger partial charge < -0.3 is 24.4 Å². The molecule has 1 heterocycles. The second-order valence-corrected chi connectivity index (χ2v) is 6.98. The van der Waals surface area contributed by atoms with Crippen LogP contribution < -0.4 is 14.8 Å². The Balaban J connectivity index is 1.69. The zero-order valence-corrected chi connectivity index (χ0v) is 16.9. The Hall–Kier alpha value is -3.06. The molecule has 0 radical (unpaired) electrons. The fourth-order valence-corrected chi connectivity index (χ4v) is 3.19. The van der Waals surface area contributed by atoms with Gasteiger partial charge in [0.15, 0.2) is 0 Å². The first-order valence-corrected chi connectivity index (χ1v) is 9.42. The largest absolute Gasteiger partial charge is 0.497 e. The standard InChI is InChI=1S/C22H26N2O5/c1-15-4-6-16(7-5-15)12-24-20(13-29-14-21(24)25)22(26)23-11-17-8-18(27-2)10-19(9-17)28-3/h4-10,20H,11-14H2,1-3H3,(H,23,26)/t20-/m0/s1. The van der Waals surface area contributed by atoms with E-state index in [1.807, 2.05) is 43.3 Å². The van der Waals surface area contributed by atoms with Crippen LogP contribution in [0.5, 0.6) is 11.5 Å². The SMILES string of the molecule is COc1cc(CNC(=O)[C@@H]2COCC(=O)N2Cc2ccc(C)cc2)cc(OC)c1. The Kier molecular flexibility index (Phi) is 6.72. The summed E-state index contributed by atoms with van der Waals surface area (Å²) in [5.74, 6) is 0.837. The van der Waals surface area contributed by atoms with Crippen LogP contribution in [-0.2, 0) is 27.4 Å². The third kappa shape index (κ3) is 5.26. The number of hydrogen-bond acceptors (Lipinski definition) is 5. The normalized spacial score (nSPS) is 16.4. The maximum Gasteiger partial charge on any atom is 0.249 e. The predicted molar refractivity (Wildman–Crippen MR) is 108 cm³/mol. The first-order chi connectivity index (χ1) is 14.0. The molecule has 0 unspecified atom stereocenters. The molecule has 1 fully saturated rings. The maximum atomic E-state index is 12.8. The van der Waals surface area contributed by atoms with Gasteiger partial charge in [0.2, 0.25) is 11.8 Å². The highest BCUT2D eigenvalue weighted by molar-refractivity contribution is 5.89. The Morgan fingerprint density at radius 1 is 1.10 bits per heavy atom. The number of methoxy groups -OCH3 is 2. The number of benzene rings is 2. The van der Waals surface area contributed by atoms with Crippen LogP contribution in [0.3, 0.4) is 0 Å². The minimum Gasteiger partial charge on any atom is -0.497 e. The highest BCUT2D eigenvalue weighted by Gasteiger charge is 2.33. The van der Waals surface area contributed by atoms with Crippen LogP contribution in [-0.4, -0.2) is 50.2 Å². The van der Waals surface area contributed by atoms with E-state index in [9.17, 15) is 9.59 Å². The van der Waals surface area contributed by atoms with Crippen molar-refractivity contribution in [3.05, 3.63) is 59.2 Å². The Morgan fingerprint density at radius 2 is 1.76 bits per heavy atom. The summed E-state index contributed by atoms with van der Waals surface area (Å²) in [6, 6.07) is 12.7. The molecule has 1 aliphatic heterocycles. The van der Waals surface area contributed by atoms with Crippen molar-refractivity contribution in [3.8, 4) is 11.5 Å². The third-order valence-corrected chi connectivity index (χ3v) is 4.85. The van der Waals surface area contributed by atoms with Gasteiger partial charge in [0.25, 0.3) is 0 Å². The van der Waals surface area contributed by atoms with Gasteiger partial charge in [-0.25, -0.2) is 0 Å². The number of ether oxygens (including phenoxy) is 3. The van der Waals surface area contributed by atoms with Crippen molar-refractivity contribution in [2.45, 2.75) is 26.1 Å². The average molecular weight is 398 g/mol. The molecular weight excluding hydrogens is 372 g/mol. The van der Waals surface area contributed by atoms with E-state index in [4.69, 9.17) is 14.2 Å². The molecule has 7 heteroatoms. The Labute approximate surface area is 170 Å². The second-order valence-electron chi connectivity index (χ2n) is 6.98. The molecule has 0 aliphatic carbocycles. The number of carbonyl (C=O) groups is 2. The zero-order valence-electron chi connectivity index (χ0n) is 16.9. The van der Waals surface area contributed by atoms with Crippen LogP contribution in [0.4, 0.5) is 0 Å². The molecule has 2 aromatic carbocycles. The molecule has 0 aromatic heterocycles. The minimum atomic E-state index is -0.676. The lowest BCUT2D eigenvalue weighted by molar-refractivity contribution is -0.155. The Bertz CT molecular complexity index is 844. The van der Waals surface area contributed by atoms with Crippen LogP contribution in [0.25, 0.3) is 0 Å². The van der Waals surface area contributed by atoms with E-state index >= 15 is 0 Å². The minimum absolute atomic E-state index is 0.0112. The second kappa shape index (κ2) is 9.43. The van der Waals surface area contributed by atoms with Gasteiger partial charge in [-0.2, -0.15) is 0 Å². The quantitative estimate of drug-likeness (QED) is 0.773. The summed E-state index contributed by atoms with van der Waals surface area (Å²) in [5, 5.41) is 2.89. The van der Waals surface area contributed by atoms with Crippen molar-refractivity contribution >= 4 is 11.8 Å². The highest BCUT2D eigenvalue weighted by atomic mass is 16.5. The molecule has 2 amide bonds. The molecule has 0 spiro atoms. The fourth-order valence-electron chi connectivity index (χ4n) is 3.19. The van der Waals surface area contributed by atoms with Crippen molar-refractivity contribution in [1.82, 2.24) is 10.2 Å². The van der Waals surface area contributed by atoms with E-state index in [2.05, 4.69) is 5.32 Å². The number of hydrogen-bond donors (Lipinski definition) is 1. The number of rotatable bonds is 7. The van der Waals surface area contributed by atoms with Gasteiger partial charge in [0, 0.05) is 19.2 Å². The Morgan fingerprint density at radius 3 is 2.38 bits per heavy atom. The van der Waals surface area contributed by atoms with Crippen molar-refractivity contribution in [3.63, 3.8) is 0 Å². The molecule has 1 atom stereocenters. The molecule has 7 nitrogen and oxygen atoms in total. The summed E-state index contributed by atoms with van der Waals surface area (Å²) < 4.78 is 15.9. The van der Waals surface area contributed by atoms with E-state index in [0.717, 1.165) is 16.7 Å². The van der Waals surface area contributed by atoms with Crippen molar-refractivity contribution < 1.29 is 23.8 Å². The first kappa shape index (κ1) is 20.7. The summed E-state index contributed by atoms with van der Waals surface area (Å²) in [6.07, 6.45) is 0. The molecule has 2 aromatic rings. The molecule has 1 saturated heterocycles. The smallest absolute Gasteiger partial charge is 0.249 e. The van der Waals surface area contributed by atoms with E-state index in [1.54, 1.807) is 25.2 Å². The monoisotopic (exact) mass is 398 g/mol. The molecule has 0 saturated carbocycles. The van der Waals surface area contributed by atoms with Gasteiger partial charge in [-0.05, 0) is 30.2 Å². The number of amides is 2. The van der Waals surface area contributed by atoms with Crippen molar-refractivity contribution in [2.75, 3.05) is 27.4 Å². The summed E-state index contributed by atoms with van der Waals surface area (Å²) >= 11 is 0. The summed E-state index contributed by atoms with van der Waals surface area (Å²) in [5.41, 5.74) is 2.95. The van der Waals surface area contributed by atoms with Crippen LogP contribution in [0, 0.1) is 6.92 Å². The van der Waals surface area contributed by atoms with Gasteiger partial charge in [0.05, 0.1) is 20.8 Å². The lowest BCUT2D eigenvalue weighted by Gasteiger charge is -2.34.